The summed E-state index contributed by atoms with van der Waals surface area (Å²) in [5.74, 6) is -0.401. The molecule has 7 nitrogen and oxygen atoms in total. The van der Waals surface area contributed by atoms with E-state index in [2.05, 4.69) is 20.9 Å². The van der Waals surface area contributed by atoms with Gasteiger partial charge in [0.2, 0.25) is 5.91 Å². The van der Waals surface area contributed by atoms with Gasteiger partial charge in [0.25, 0.3) is 0 Å². The lowest BCUT2D eigenvalue weighted by molar-refractivity contribution is -0.122. The fraction of sp³-hybridized carbons (Fsp3) is 0.227. The minimum atomic E-state index is -0.805. The monoisotopic (exact) mass is 389 g/mol. The van der Waals surface area contributed by atoms with Crippen LogP contribution in [0, 0.1) is 18.3 Å². The molecule has 1 aromatic heterocycles. The van der Waals surface area contributed by atoms with Crippen molar-refractivity contribution in [3.05, 3.63) is 71.4 Å². The van der Waals surface area contributed by atoms with Crippen molar-refractivity contribution in [1.82, 2.24) is 20.9 Å². The molecule has 0 fully saturated rings. The molecule has 1 unspecified atom stereocenters. The summed E-state index contributed by atoms with van der Waals surface area (Å²) in [4.78, 5) is 28.1. The second-order valence-corrected chi connectivity index (χ2v) is 6.80. The average molecular weight is 389 g/mol. The van der Waals surface area contributed by atoms with E-state index in [0.29, 0.717) is 13.0 Å². The molecule has 0 radical (unpaired) electrons. The summed E-state index contributed by atoms with van der Waals surface area (Å²) in [5, 5.41) is 17.8. The van der Waals surface area contributed by atoms with Gasteiger partial charge < -0.3 is 20.9 Å². The highest BCUT2D eigenvalue weighted by Gasteiger charge is 2.22. The Morgan fingerprint density at radius 2 is 1.86 bits per heavy atom. The number of aryl methyl sites for hydroxylation is 1. The van der Waals surface area contributed by atoms with E-state index < -0.39 is 18.0 Å². The molecule has 0 saturated heterocycles. The molecular weight excluding hydrogens is 366 g/mol. The number of H-pyrrole nitrogens is 1. The van der Waals surface area contributed by atoms with E-state index in [4.69, 9.17) is 5.26 Å². The Morgan fingerprint density at radius 3 is 2.62 bits per heavy atom. The molecule has 7 heteroatoms. The Hall–Kier alpha value is -3.79. The number of nitrogens with one attached hydrogen (secondary N) is 4. The maximum absolute atomic E-state index is 12.5. The predicted octanol–water partition coefficient (Wildman–Crippen LogP) is 2.53. The SMILES string of the molecule is Cc1ccc(CNC(=O)NC(Cc2c[nH]c3ccccc23)C(=O)NCC#N)cc1. The van der Waals surface area contributed by atoms with Crippen molar-refractivity contribution in [3.8, 4) is 6.07 Å². The second kappa shape index (κ2) is 9.42. The predicted molar refractivity (Wildman–Crippen MR) is 111 cm³/mol. The zero-order valence-corrected chi connectivity index (χ0v) is 16.2. The van der Waals surface area contributed by atoms with Crippen LogP contribution in [0.2, 0.25) is 0 Å². The van der Waals surface area contributed by atoms with Crippen LogP contribution in [0.3, 0.4) is 0 Å². The summed E-state index contributed by atoms with van der Waals surface area (Å²) in [6.45, 7) is 2.24. The van der Waals surface area contributed by atoms with Crippen LogP contribution in [0.4, 0.5) is 4.79 Å². The quantitative estimate of drug-likeness (QED) is 0.466. The van der Waals surface area contributed by atoms with Crippen molar-refractivity contribution in [2.45, 2.75) is 25.9 Å². The van der Waals surface area contributed by atoms with Crippen LogP contribution in [0.15, 0.2) is 54.7 Å². The number of amides is 3. The molecule has 4 N–H and O–H groups in total. The van der Waals surface area contributed by atoms with Crippen molar-refractivity contribution in [2.24, 2.45) is 0 Å². The fourth-order valence-electron chi connectivity index (χ4n) is 3.08. The summed E-state index contributed by atoms with van der Waals surface area (Å²) in [6, 6.07) is 16.2. The summed E-state index contributed by atoms with van der Waals surface area (Å²) in [7, 11) is 0. The highest BCUT2D eigenvalue weighted by Crippen LogP contribution is 2.19. The molecule has 3 rings (SSSR count). The van der Waals surface area contributed by atoms with E-state index in [0.717, 1.165) is 27.6 Å². The van der Waals surface area contributed by atoms with Gasteiger partial charge in [-0.1, -0.05) is 48.0 Å². The van der Waals surface area contributed by atoms with Gasteiger partial charge in [-0.3, -0.25) is 4.79 Å². The first-order valence-electron chi connectivity index (χ1n) is 9.36. The van der Waals surface area contributed by atoms with Gasteiger partial charge in [-0.05, 0) is 24.1 Å². The van der Waals surface area contributed by atoms with Gasteiger partial charge in [0.05, 0.1) is 6.07 Å². The smallest absolute Gasteiger partial charge is 0.315 e. The number of fused-ring (bicyclic) bond motifs is 1. The molecule has 0 aliphatic carbocycles. The molecule has 0 aliphatic heterocycles. The van der Waals surface area contributed by atoms with Crippen LogP contribution >= 0.6 is 0 Å². The third-order valence-electron chi connectivity index (χ3n) is 4.64. The van der Waals surface area contributed by atoms with E-state index in [1.807, 2.05) is 67.7 Å². The normalized spacial score (nSPS) is 11.4. The van der Waals surface area contributed by atoms with E-state index in [-0.39, 0.29) is 6.54 Å². The third-order valence-corrected chi connectivity index (χ3v) is 4.64. The number of aromatic amines is 1. The summed E-state index contributed by atoms with van der Waals surface area (Å²) >= 11 is 0. The Balaban J connectivity index is 1.67. The number of aromatic nitrogens is 1. The number of carbonyl (C=O) groups is 2. The number of nitrogens with zero attached hydrogens (tertiary/aromatic N) is 1. The van der Waals surface area contributed by atoms with Crippen molar-refractivity contribution < 1.29 is 9.59 Å². The van der Waals surface area contributed by atoms with Crippen LogP contribution in [-0.4, -0.2) is 29.5 Å². The number of carbonyl (C=O) groups excluding carboxylic acids is 2. The lowest BCUT2D eigenvalue weighted by Gasteiger charge is -2.18. The molecule has 0 spiro atoms. The Labute approximate surface area is 169 Å². The number of hydrogen-bond donors (Lipinski definition) is 4. The molecule has 29 heavy (non-hydrogen) atoms. The number of benzene rings is 2. The molecule has 1 heterocycles. The molecule has 3 amide bonds. The first kappa shape index (κ1) is 20.0. The van der Waals surface area contributed by atoms with Crippen LogP contribution in [-0.2, 0) is 17.8 Å². The van der Waals surface area contributed by atoms with E-state index in [1.54, 1.807) is 0 Å². The van der Waals surface area contributed by atoms with Gasteiger partial charge in [-0.2, -0.15) is 5.26 Å². The molecule has 0 bridgehead atoms. The number of para-hydroxylation sites is 1. The van der Waals surface area contributed by atoms with Crippen LogP contribution < -0.4 is 16.0 Å². The average Bonchev–Trinajstić information content (AvgIpc) is 3.14. The largest absolute Gasteiger partial charge is 0.361 e. The summed E-state index contributed by atoms with van der Waals surface area (Å²) in [5.41, 5.74) is 3.98. The topological polar surface area (TPSA) is 110 Å². The minimum absolute atomic E-state index is 0.115. The van der Waals surface area contributed by atoms with Gasteiger partial charge in [0.1, 0.15) is 12.6 Å². The second-order valence-electron chi connectivity index (χ2n) is 6.80. The Bertz CT molecular complexity index is 1030. The standard InChI is InChI=1S/C22H23N5O2/c1-15-6-8-16(9-7-15)13-26-22(29)27-20(21(28)24-11-10-23)12-17-14-25-19-5-3-2-4-18(17)19/h2-9,14,20,25H,11-13H2,1H3,(H,24,28)(H2,26,27,29). The Kier molecular flexibility index (Phi) is 6.48. The van der Waals surface area contributed by atoms with Crippen molar-refractivity contribution >= 4 is 22.8 Å². The third kappa shape index (κ3) is 5.36. The number of nitriles is 1. The first-order valence-corrected chi connectivity index (χ1v) is 9.36. The number of hydrogen-bond acceptors (Lipinski definition) is 3. The van der Waals surface area contributed by atoms with Crippen LogP contribution in [0.25, 0.3) is 10.9 Å². The maximum atomic E-state index is 12.5. The van der Waals surface area contributed by atoms with E-state index in [9.17, 15) is 9.59 Å². The van der Waals surface area contributed by atoms with E-state index in [1.165, 1.54) is 0 Å². The van der Waals surface area contributed by atoms with Gasteiger partial charge in [0.15, 0.2) is 0 Å². The fourth-order valence-corrected chi connectivity index (χ4v) is 3.08. The zero-order valence-electron chi connectivity index (χ0n) is 16.2. The minimum Gasteiger partial charge on any atom is -0.361 e. The molecule has 0 saturated carbocycles. The summed E-state index contributed by atoms with van der Waals surface area (Å²) < 4.78 is 0. The maximum Gasteiger partial charge on any atom is 0.315 e. The van der Waals surface area contributed by atoms with Crippen LogP contribution in [0.5, 0.6) is 0 Å². The molecule has 148 valence electrons. The lowest BCUT2D eigenvalue weighted by Crippen LogP contribution is -2.51. The molecular formula is C22H23N5O2. The highest BCUT2D eigenvalue weighted by molar-refractivity contribution is 5.89. The molecule has 3 aromatic rings. The van der Waals surface area contributed by atoms with Crippen LogP contribution in [0.1, 0.15) is 16.7 Å². The number of urea groups is 1. The van der Waals surface area contributed by atoms with Crippen molar-refractivity contribution in [2.75, 3.05) is 6.54 Å². The zero-order chi connectivity index (χ0) is 20.6. The van der Waals surface area contributed by atoms with E-state index >= 15 is 0 Å². The van der Waals surface area contributed by atoms with Gasteiger partial charge in [-0.15, -0.1) is 0 Å². The molecule has 1 atom stereocenters. The van der Waals surface area contributed by atoms with Gasteiger partial charge in [-0.25, -0.2) is 4.79 Å². The first-order chi connectivity index (χ1) is 14.1. The van der Waals surface area contributed by atoms with Crippen molar-refractivity contribution in [1.29, 1.82) is 5.26 Å². The molecule has 0 aliphatic rings. The van der Waals surface area contributed by atoms with Crippen molar-refractivity contribution in [3.63, 3.8) is 0 Å². The molecule has 2 aromatic carbocycles. The summed E-state index contributed by atoms with van der Waals surface area (Å²) in [6.07, 6.45) is 2.14. The Morgan fingerprint density at radius 1 is 1.10 bits per heavy atom. The van der Waals surface area contributed by atoms with Gasteiger partial charge in [0, 0.05) is 30.1 Å². The number of rotatable bonds is 7. The highest BCUT2D eigenvalue weighted by atomic mass is 16.2. The van der Waals surface area contributed by atoms with Gasteiger partial charge >= 0.3 is 6.03 Å². The lowest BCUT2D eigenvalue weighted by atomic mass is 10.0.